The Morgan fingerprint density at radius 1 is 1.42 bits per heavy atom. The van der Waals surface area contributed by atoms with E-state index >= 15 is 0 Å². The summed E-state index contributed by atoms with van der Waals surface area (Å²) >= 11 is 0. The van der Waals surface area contributed by atoms with E-state index in [2.05, 4.69) is 4.98 Å². The van der Waals surface area contributed by atoms with E-state index < -0.39 is 0 Å². The molecule has 12 heavy (non-hydrogen) atoms. The van der Waals surface area contributed by atoms with Gasteiger partial charge in [-0.1, -0.05) is 12.8 Å². The minimum atomic E-state index is 0.223. The number of nitrogens with two attached hydrogens (primary N) is 1. The largest absolute Gasteiger partial charge is 0.324 e. The Morgan fingerprint density at radius 2 is 2.08 bits per heavy atom. The molecule has 1 atom stereocenters. The van der Waals surface area contributed by atoms with Gasteiger partial charge in [0, 0.05) is 18.4 Å². The number of hydrogen-bond acceptors (Lipinski definition) is 2. The molecule has 1 fully saturated rings. The number of hydrogen-bond donors (Lipinski definition) is 1. The van der Waals surface area contributed by atoms with Gasteiger partial charge in [-0.2, -0.15) is 0 Å². The average Bonchev–Trinajstić information content (AvgIpc) is 2.90. The Hall–Kier alpha value is -0.890. The topological polar surface area (TPSA) is 38.9 Å². The predicted molar refractivity (Wildman–Crippen MR) is 48.5 cm³/mol. The van der Waals surface area contributed by atoms with Crippen LogP contribution in [0.3, 0.4) is 0 Å². The third-order valence-electron chi connectivity index (χ3n) is 2.42. The van der Waals surface area contributed by atoms with Crippen molar-refractivity contribution in [2.75, 3.05) is 0 Å². The van der Waals surface area contributed by atoms with Gasteiger partial charge in [-0.05, 0) is 30.0 Å². The Labute approximate surface area is 72.8 Å². The standard InChI is InChI=1S/C10H14N2/c11-10(7-8-1-2-8)9-3-5-12-6-4-9/h3-6,8,10H,1-2,7,11H2/t10-/m0/s1. The molecule has 1 aromatic heterocycles. The first-order valence-corrected chi connectivity index (χ1v) is 4.52. The minimum Gasteiger partial charge on any atom is -0.324 e. The number of aromatic nitrogens is 1. The van der Waals surface area contributed by atoms with E-state index in [0.29, 0.717) is 0 Å². The van der Waals surface area contributed by atoms with Crippen LogP contribution in [0.4, 0.5) is 0 Å². The fourth-order valence-electron chi connectivity index (χ4n) is 1.46. The van der Waals surface area contributed by atoms with Crippen molar-refractivity contribution in [1.82, 2.24) is 4.98 Å². The van der Waals surface area contributed by atoms with Gasteiger partial charge in [0.15, 0.2) is 0 Å². The minimum absolute atomic E-state index is 0.223. The average molecular weight is 162 g/mol. The van der Waals surface area contributed by atoms with Crippen molar-refractivity contribution in [2.24, 2.45) is 11.7 Å². The molecule has 1 heterocycles. The summed E-state index contributed by atoms with van der Waals surface area (Å²) in [6.45, 7) is 0. The lowest BCUT2D eigenvalue weighted by Gasteiger charge is -2.09. The fourth-order valence-corrected chi connectivity index (χ4v) is 1.46. The van der Waals surface area contributed by atoms with Crippen molar-refractivity contribution < 1.29 is 0 Å². The van der Waals surface area contributed by atoms with Crippen LogP contribution in [0.1, 0.15) is 30.9 Å². The second-order valence-electron chi connectivity index (χ2n) is 3.57. The van der Waals surface area contributed by atoms with E-state index in [-0.39, 0.29) is 6.04 Å². The fraction of sp³-hybridized carbons (Fsp3) is 0.500. The summed E-state index contributed by atoms with van der Waals surface area (Å²) in [5.41, 5.74) is 7.23. The van der Waals surface area contributed by atoms with Crippen LogP contribution in [-0.4, -0.2) is 4.98 Å². The summed E-state index contributed by atoms with van der Waals surface area (Å²) in [5.74, 6) is 0.896. The Morgan fingerprint density at radius 3 is 2.67 bits per heavy atom. The van der Waals surface area contributed by atoms with Crippen molar-refractivity contribution in [3.05, 3.63) is 30.1 Å². The van der Waals surface area contributed by atoms with Crippen molar-refractivity contribution >= 4 is 0 Å². The molecule has 64 valence electrons. The molecule has 0 aromatic carbocycles. The Balaban J connectivity index is 1.98. The zero-order valence-corrected chi connectivity index (χ0v) is 7.11. The third-order valence-corrected chi connectivity index (χ3v) is 2.42. The van der Waals surface area contributed by atoms with Gasteiger partial charge in [0.2, 0.25) is 0 Å². The van der Waals surface area contributed by atoms with Crippen LogP contribution in [0.5, 0.6) is 0 Å². The van der Waals surface area contributed by atoms with Gasteiger partial charge in [0.25, 0.3) is 0 Å². The normalized spacial score (nSPS) is 19.1. The monoisotopic (exact) mass is 162 g/mol. The van der Waals surface area contributed by atoms with Crippen LogP contribution in [0.15, 0.2) is 24.5 Å². The second-order valence-corrected chi connectivity index (χ2v) is 3.57. The van der Waals surface area contributed by atoms with E-state index in [9.17, 15) is 0 Å². The first-order chi connectivity index (χ1) is 5.86. The zero-order chi connectivity index (χ0) is 8.39. The SMILES string of the molecule is N[C@@H](CC1CC1)c1ccncc1. The Bertz CT molecular complexity index is 241. The summed E-state index contributed by atoms with van der Waals surface area (Å²) < 4.78 is 0. The van der Waals surface area contributed by atoms with Gasteiger partial charge >= 0.3 is 0 Å². The van der Waals surface area contributed by atoms with E-state index in [1.807, 2.05) is 24.5 Å². The molecule has 2 rings (SSSR count). The van der Waals surface area contributed by atoms with Crippen molar-refractivity contribution in [2.45, 2.75) is 25.3 Å². The van der Waals surface area contributed by atoms with Crippen molar-refractivity contribution in [3.8, 4) is 0 Å². The molecule has 0 bridgehead atoms. The molecule has 0 unspecified atom stereocenters. The van der Waals surface area contributed by atoms with Crippen molar-refractivity contribution in [3.63, 3.8) is 0 Å². The van der Waals surface area contributed by atoms with E-state index in [4.69, 9.17) is 5.73 Å². The molecular formula is C10H14N2. The molecule has 2 N–H and O–H groups in total. The highest BCUT2D eigenvalue weighted by molar-refractivity contribution is 5.14. The molecule has 1 aromatic rings. The first-order valence-electron chi connectivity index (χ1n) is 4.52. The lowest BCUT2D eigenvalue weighted by molar-refractivity contribution is 0.596. The van der Waals surface area contributed by atoms with Crippen molar-refractivity contribution in [1.29, 1.82) is 0 Å². The van der Waals surface area contributed by atoms with Crippen LogP contribution < -0.4 is 5.73 Å². The highest BCUT2D eigenvalue weighted by atomic mass is 14.7. The van der Waals surface area contributed by atoms with Crippen LogP contribution in [-0.2, 0) is 0 Å². The van der Waals surface area contributed by atoms with Gasteiger partial charge in [-0.15, -0.1) is 0 Å². The molecule has 1 aliphatic carbocycles. The summed E-state index contributed by atoms with van der Waals surface area (Å²) in [5, 5.41) is 0. The van der Waals surface area contributed by atoms with E-state index in [1.165, 1.54) is 18.4 Å². The highest BCUT2D eigenvalue weighted by Gasteiger charge is 2.24. The van der Waals surface area contributed by atoms with Crippen LogP contribution in [0.2, 0.25) is 0 Å². The quantitative estimate of drug-likeness (QED) is 0.737. The van der Waals surface area contributed by atoms with Crippen LogP contribution >= 0.6 is 0 Å². The summed E-state index contributed by atoms with van der Waals surface area (Å²) in [6, 6.07) is 4.24. The zero-order valence-electron chi connectivity index (χ0n) is 7.11. The molecule has 1 saturated carbocycles. The lowest BCUT2D eigenvalue weighted by Crippen LogP contribution is -2.10. The maximum Gasteiger partial charge on any atom is 0.0298 e. The molecule has 2 nitrogen and oxygen atoms in total. The van der Waals surface area contributed by atoms with E-state index in [0.717, 1.165) is 12.3 Å². The third kappa shape index (κ3) is 1.83. The van der Waals surface area contributed by atoms with Gasteiger partial charge < -0.3 is 5.73 Å². The predicted octanol–water partition coefficient (Wildman–Crippen LogP) is 1.88. The second kappa shape index (κ2) is 3.23. The molecule has 1 aliphatic rings. The first kappa shape index (κ1) is 7.74. The maximum absolute atomic E-state index is 6.01. The molecule has 0 aliphatic heterocycles. The number of nitrogens with zero attached hydrogens (tertiary/aromatic N) is 1. The molecule has 0 amide bonds. The van der Waals surface area contributed by atoms with E-state index in [1.54, 1.807) is 0 Å². The Kier molecular flexibility index (Phi) is 2.09. The van der Waals surface area contributed by atoms with Gasteiger partial charge in [-0.25, -0.2) is 0 Å². The molecule has 0 spiro atoms. The number of rotatable bonds is 3. The van der Waals surface area contributed by atoms with Gasteiger partial charge in [0.1, 0.15) is 0 Å². The van der Waals surface area contributed by atoms with Crippen LogP contribution in [0, 0.1) is 5.92 Å². The molecule has 2 heteroatoms. The number of pyridine rings is 1. The highest BCUT2D eigenvalue weighted by Crippen LogP contribution is 2.36. The summed E-state index contributed by atoms with van der Waals surface area (Å²) in [7, 11) is 0. The van der Waals surface area contributed by atoms with Gasteiger partial charge in [0.05, 0.1) is 0 Å². The summed E-state index contributed by atoms with van der Waals surface area (Å²) in [6.07, 6.45) is 7.51. The molecular weight excluding hydrogens is 148 g/mol. The summed E-state index contributed by atoms with van der Waals surface area (Å²) in [4.78, 5) is 3.97. The maximum atomic E-state index is 6.01. The lowest BCUT2D eigenvalue weighted by atomic mass is 10.0. The van der Waals surface area contributed by atoms with Gasteiger partial charge in [-0.3, -0.25) is 4.98 Å². The smallest absolute Gasteiger partial charge is 0.0298 e. The molecule has 0 saturated heterocycles. The van der Waals surface area contributed by atoms with Crippen LogP contribution in [0.25, 0.3) is 0 Å². The molecule has 0 radical (unpaired) electrons.